The highest BCUT2D eigenvalue weighted by Crippen LogP contribution is 2.34. The van der Waals surface area contributed by atoms with Gasteiger partial charge in [-0.2, -0.15) is 0 Å². The summed E-state index contributed by atoms with van der Waals surface area (Å²) >= 11 is 0.997. The molecular formula is C22H26FN3O5S. The lowest BCUT2D eigenvalue weighted by atomic mass is 10.1. The van der Waals surface area contributed by atoms with Crippen LogP contribution in [0.1, 0.15) is 32.0 Å². The Labute approximate surface area is 189 Å². The van der Waals surface area contributed by atoms with Crippen molar-refractivity contribution in [3.63, 3.8) is 0 Å². The van der Waals surface area contributed by atoms with Crippen molar-refractivity contribution in [1.82, 2.24) is 4.90 Å². The van der Waals surface area contributed by atoms with E-state index >= 15 is 0 Å². The molecule has 1 saturated heterocycles. The maximum atomic E-state index is 13.1. The minimum absolute atomic E-state index is 0.166. The standard InChI is InChI=1S/C22H26FN3O5S/c1-14-18(21(28)30-2)20(32-19(14)22(29)31-3)24-17(27)8-9-25-10-12-26(13-11-25)16-6-4-15(23)5-7-16/h4-7H,8-13H2,1-3H3,(H,24,27). The van der Waals surface area contributed by atoms with Crippen LogP contribution >= 0.6 is 11.3 Å². The van der Waals surface area contributed by atoms with E-state index in [9.17, 15) is 18.8 Å². The summed E-state index contributed by atoms with van der Waals surface area (Å²) in [6.07, 6.45) is 0.238. The molecule has 0 radical (unpaired) electrons. The van der Waals surface area contributed by atoms with Gasteiger partial charge >= 0.3 is 11.9 Å². The molecule has 1 N–H and O–H groups in total. The second-order valence-corrected chi connectivity index (χ2v) is 8.37. The number of ether oxygens (including phenoxy) is 2. The van der Waals surface area contributed by atoms with Crippen LogP contribution in [0.3, 0.4) is 0 Å². The molecule has 1 aromatic heterocycles. The summed E-state index contributed by atoms with van der Waals surface area (Å²) in [5.41, 5.74) is 1.56. The Balaban J connectivity index is 1.56. The van der Waals surface area contributed by atoms with Gasteiger partial charge in [-0.25, -0.2) is 14.0 Å². The van der Waals surface area contributed by atoms with Crippen LogP contribution in [0.15, 0.2) is 24.3 Å². The average molecular weight is 464 g/mol. The topological polar surface area (TPSA) is 88.2 Å². The Morgan fingerprint density at radius 3 is 2.25 bits per heavy atom. The van der Waals surface area contributed by atoms with E-state index < -0.39 is 11.9 Å². The van der Waals surface area contributed by atoms with Crippen LogP contribution in [0.2, 0.25) is 0 Å². The molecule has 1 aromatic carbocycles. The van der Waals surface area contributed by atoms with Gasteiger partial charge in [0, 0.05) is 44.8 Å². The average Bonchev–Trinajstić information content (AvgIpc) is 3.13. The van der Waals surface area contributed by atoms with Crippen LogP contribution in [0.5, 0.6) is 0 Å². The molecule has 2 aromatic rings. The van der Waals surface area contributed by atoms with E-state index in [4.69, 9.17) is 9.47 Å². The molecule has 0 saturated carbocycles. The van der Waals surface area contributed by atoms with Crippen molar-refractivity contribution in [3.8, 4) is 0 Å². The van der Waals surface area contributed by atoms with E-state index in [0.29, 0.717) is 12.1 Å². The second-order valence-electron chi connectivity index (χ2n) is 7.35. The van der Waals surface area contributed by atoms with Gasteiger partial charge in [-0.1, -0.05) is 0 Å². The zero-order chi connectivity index (χ0) is 23.3. The molecule has 0 aliphatic carbocycles. The monoisotopic (exact) mass is 463 g/mol. The van der Waals surface area contributed by atoms with Gasteiger partial charge in [0.25, 0.3) is 0 Å². The lowest BCUT2D eigenvalue weighted by Gasteiger charge is -2.36. The molecule has 1 fully saturated rings. The fourth-order valence-electron chi connectivity index (χ4n) is 3.57. The lowest BCUT2D eigenvalue weighted by Crippen LogP contribution is -2.47. The largest absolute Gasteiger partial charge is 0.465 e. The zero-order valence-electron chi connectivity index (χ0n) is 18.3. The molecule has 0 atom stereocenters. The van der Waals surface area contributed by atoms with Crippen LogP contribution in [0.25, 0.3) is 0 Å². The molecule has 1 amide bonds. The zero-order valence-corrected chi connectivity index (χ0v) is 19.1. The fraction of sp³-hybridized carbons (Fsp3) is 0.409. The highest BCUT2D eigenvalue weighted by molar-refractivity contribution is 7.18. The molecule has 1 aliphatic heterocycles. The number of methoxy groups -OCH3 is 2. The molecule has 0 spiro atoms. The van der Waals surface area contributed by atoms with Crippen LogP contribution in [0, 0.1) is 12.7 Å². The Bertz CT molecular complexity index is 984. The van der Waals surface area contributed by atoms with E-state index in [2.05, 4.69) is 15.1 Å². The predicted octanol–water partition coefficient (Wildman–Crippen LogP) is 2.92. The summed E-state index contributed by atoms with van der Waals surface area (Å²) in [6, 6.07) is 6.44. The molecule has 0 bridgehead atoms. The van der Waals surface area contributed by atoms with Crippen LogP contribution in [-0.4, -0.2) is 69.7 Å². The number of hydrogen-bond acceptors (Lipinski definition) is 8. The number of anilines is 2. The third-order valence-corrected chi connectivity index (χ3v) is 6.57. The first-order valence-electron chi connectivity index (χ1n) is 10.2. The van der Waals surface area contributed by atoms with Crippen molar-refractivity contribution >= 4 is 39.9 Å². The summed E-state index contributed by atoms with van der Waals surface area (Å²) in [4.78, 5) is 41.3. The minimum Gasteiger partial charge on any atom is -0.465 e. The van der Waals surface area contributed by atoms with E-state index in [1.165, 1.54) is 26.4 Å². The molecule has 10 heteroatoms. The number of esters is 2. The Morgan fingerprint density at radius 1 is 1.03 bits per heavy atom. The summed E-state index contributed by atoms with van der Waals surface area (Å²) in [5.74, 6) is -1.71. The number of rotatable bonds is 7. The maximum Gasteiger partial charge on any atom is 0.348 e. The van der Waals surface area contributed by atoms with E-state index in [1.54, 1.807) is 19.1 Å². The number of carbonyl (C=O) groups is 3. The Kier molecular flexibility index (Phi) is 7.81. The molecule has 8 nitrogen and oxygen atoms in total. The van der Waals surface area contributed by atoms with E-state index in [-0.39, 0.29) is 33.6 Å². The number of hydrogen-bond donors (Lipinski definition) is 1. The summed E-state index contributed by atoms with van der Waals surface area (Å²) in [6.45, 7) is 5.31. The number of carbonyl (C=O) groups excluding carboxylic acids is 3. The summed E-state index contributed by atoms with van der Waals surface area (Å²) in [7, 11) is 2.50. The fourth-order valence-corrected chi connectivity index (χ4v) is 4.70. The molecule has 32 heavy (non-hydrogen) atoms. The SMILES string of the molecule is COC(=O)c1sc(NC(=O)CCN2CCN(c3ccc(F)cc3)CC2)c(C(=O)OC)c1C. The molecule has 2 heterocycles. The predicted molar refractivity (Wildman–Crippen MR) is 120 cm³/mol. The van der Waals surface area contributed by atoms with E-state index in [1.807, 2.05) is 0 Å². The van der Waals surface area contributed by atoms with E-state index in [0.717, 1.165) is 43.2 Å². The molecule has 1 aliphatic rings. The third-order valence-electron chi connectivity index (χ3n) is 5.38. The molecular weight excluding hydrogens is 437 g/mol. The second kappa shape index (κ2) is 10.6. The van der Waals surface area contributed by atoms with Gasteiger partial charge in [-0.15, -0.1) is 11.3 Å². The van der Waals surface area contributed by atoms with Crippen molar-refractivity contribution in [1.29, 1.82) is 0 Å². The van der Waals surface area contributed by atoms with Crippen LogP contribution < -0.4 is 10.2 Å². The smallest absolute Gasteiger partial charge is 0.348 e. The summed E-state index contributed by atoms with van der Waals surface area (Å²) < 4.78 is 22.7. The van der Waals surface area contributed by atoms with Gasteiger partial charge < -0.3 is 19.7 Å². The number of thiophene rings is 1. The quantitative estimate of drug-likeness (QED) is 0.632. The van der Waals surface area contributed by atoms with Crippen LogP contribution in [-0.2, 0) is 14.3 Å². The van der Waals surface area contributed by atoms with Crippen molar-refractivity contribution in [2.45, 2.75) is 13.3 Å². The van der Waals surface area contributed by atoms with Gasteiger partial charge in [-0.3, -0.25) is 9.69 Å². The Hall–Kier alpha value is -2.98. The normalized spacial score (nSPS) is 14.2. The first-order chi connectivity index (χ1) is 15.3. The Morgan fingerprint density at radius 2 is 1.66 bits per heavy atom. The van der Waals surface area contributed by atoms with Crippen molar-refractivity contribution in [2.24, 2.45) is 0 Å². The van der Waals surface area contributed by atoms with Gasteiger partial charge in [0.2, 0.25) is 5.91 Å². The number of nitrogens with zero attached hydrogens (tertiary/aromatic N) is 2. The van der Waals surface area contributed by atoms with Crippen molar-refractivity contribution < 1.29 is 28.2 Å². The first kappa shape index (κ1) is 23.7. The van der Waals surface area contributed by atoms with Gasteiger partial charge in [0.15, 0.2) is 0 Å². The number of halogens is 1. The van der Waals surface area contributed by atoms with Gasteiger partial charge in [-0.05, 0) is 36.8 Å². The first-order valence-corrected chi connectivity index (χ1v) is 11.0. The number of amides is 1. The maximum absolute atomic E-state index is 13.1. The van der Waals surface area contributed by atoms with Crippen LogP contribution in [0.4, 0.5) is 15.1 Å². The highest BCUT2D eigenvalue weighted by atomic mass is 32.1. The third kappa shape index (κ3) is 5.43. The minimum atomic E-state index is -0.624. The van der Waals surface area contributed by atoms with Gasteiger partial charge in [0.1, 0.15) is 15.7 Å². The molecule has 3 rings (SSSR count). The number of nitrogens with one attached hydrogen (secondary N) is 1. The number of piperazine rings is 1. The van der Waals surface area contributed by atoms with Gasteiger partial charge in [0.05, 0.1) is 19.8 Å². The van der Waals surface area contributed by atoms with Crippen molar-refractivity contribution in [2.75, 3.05) is 57.2 Å². The molecule has 0 unspecified atom stereocenters. The van der Waals surface area contributed by atoms with Crippen molar-refractivity contribution in [3.05, 3.63) is 46.1 Å². The summed E-state index contributed by atoms with van der Waals surface area (Å²) in [5, 5.41) is 3.02. The molecule has 172 valence electrons. The highest BCUT2D eigenvalue weighted by Gasteiger charge is 2.27. The number of benzene rings is 1. The lowest BCUT2D eigenvalue weighted by molar-refractivity contribution is -0.116.